The molecule has 0 aliphatic rings. The van der Waals surface area contributed by atoms with Crippen molar-refractivity contribution in [1.82, 2.24) is 5.32 Å². The number of ether oxygens (including phenoxy) is 2. The number of methoxy groups -OCH3 is 1. The number of nitrogens with one attached hydrogen (secondary N) is 3. The normalized spacial score (nSPS) is 10.4. The van der Waals surface area contributed by atoms with E-state index in [1.165, 1.54) is 7.11 Å². The quantitative estimate of drug-likeness (QED) is 0.243. The van der Waals surface area contributed by atoms with E-state index in [1.54, 1.807) is 30.3 Å². The van der Waals surface area contributed by atoms with Crippen LogP contribution in [0.2, 0.25) is 0 Å². The van der Waals surface area contributed by atoms with Crippen molar-refractivity contribution in [2.24, 2.45) is 0 Å². The largest absolute Gasteiger partial charge is 0.490 e. The zero-order valence-electron chi connectivity index (χ0n) is 22.2. The van der Waals surface area contributed by atoms with Crippen molar-refractivity contribution < 1.29 is 23.9 Å². The van der Waals surface area contributed by atoms with E-state index in [0.717, 1.165) is 22.5 Å². The lowest BCUT2D eigenvalue weighted by Crippen LogP contribution is -2.28. The average Bonchev–Trinajstić information content (AvgIpc) is 2.90. The van der Waals surface area contributed by atoms with Crippen molar-refractivity contribution in [3.05, 3.63) is 83.4 Å². The van der Waals surface area contributed by atoms with Gasteiger partial charge >= 0.3 is 12.0 Å². The number of rotatable bonds is 12. The number of carbonyl (C=O) groups is 3. The van der Waals surface area contributed by atoms with E-state index < -0.39 is 5.97 Å². The molecule has 200 valence electrons. The number of carbonyl (C=O) groups excluding carboxylic acids is 3. The summed E-state index contributed by atoms with van der Waals surface area (Å²) in [5, 5.41) is 8.72. The average molecular weight is 519 g/mol. The number of para-hydroxylation sites is 1. The zero-order valence-corrected chi connectivity index (χ0v) is 22.2. The summed E-state index contributed by atoms with van der Waals surface area (Å²) in [6, 6.07) is 19.5. The van der Waals surface area contributed by atoms with Crippen molar-refractivity contribution in [3.63, 3.8) is 0 Å². The number of esters is 1. The Hall–Kier alpha value is -4.37. The van der Waals surface area contributed by atoms with Crippen LogP contribution < -0.4 is 25.6 Å². The molecule has 0 heterocycles. The highest BCUT2D eigenvalue weighted by molar-refractivity contribution is 6.00. The van der Waals surface area contributed by atoms with Crippen LogP contribution >= 0.6 is 0 Å². The Kier molecular flexibility index (Phi) is 10.2. The van der Waals surface area contributed by atoms with Gasteiger partial charge in [-0.05, 0) is 54.4 Å². The van der Waals surface area contributed by atoms with Crippen LogP contribution in [-0.2, 0) is 16.0 Å². The van der Waals surface area contributed by atoms with Gasteiger partial charge in [0.15, 0.2) is 5.78 Å². The molecule has 0 aliphatic carbocycles. The number of amides is 2. The van der Waals surface area contributed by atoms with E-state index >= 15 is 0 Å². The zero-order chi connectivity index (χ0) is 27.5. The van der Waals surface area contributed by atoms with Crippen LogP contribution in [0.3, 0.4) is 0 Å². The van der Waals surface area contributed by atoms with Gasteiger partial charge < -0.3 is 30.3 Å². The lowest BCUT2D eigenvalue weighted by molar-refractivity contribution is -0.117. The lowest BCUT2D eigenvalue weighted by Gasteiger charge is -2.18. The SMILES string of the molecule is COC(=O)c1ccc(OCCNCC(=O)Cc2ccc(NC(=O)Nc3ccccc3C)cc2)c(N(C)C)c1. The fourth-order valence-electron chi connectivity index (χ4n) is 3.69. The molecule has 3 aromatic carbocycles. The third-order valence-corrected chi connectivity index (χ3v) is 5.73. The van der Waals surface area contributed by atoms with Gasteiger partial charge in [-0.1, -0.05) is 30.3 Å². The smallest absolute Gasteiger partial charge is 0.337 e. The van der Waals surface area contributed by atoms with E-state index in [2.05, 4.69) is 16.0 Å². The van der Waals surface area contributed by atoms with E-state index in [0.29, 0.717) is 30.2 Å². The van der Waals surface area contributed by atoms with Crippen LogP contribution in [0.1, 0.15) is 21.5 Å². The number of nitrogens with zero attached hydrogens (tertiary/aromatic N) is 1. The molecule has 0 aromatic heterocycles. The number of urea groups is 1. The third-order valence-electron chi connectivity index (χ3n) is 5.73. The highest BCUT2D eigenvalue weighted by Gasteiger charge is 2.12. The van der Waals surface area contributed by atoms with Gasteiger partial charge in [0.25, 0.3) is 0 Å². The van der Waals surface area contributed by atoms with E-state index in [1.807, 2.05) is 62.3 Å². The van der Waals surface area contributed by atoms with Gasteiger partial charge in [0.05, 0.1) is 24.9 Å². The van der Waals surface area contributed by atoms with Gasteiger partial charge in [-0.2, -0.15) is 0 Å². The molecule has 0 atom stereocenters. The van der Waals surface area contributed by atoms with Gasteiger partial charge in [0.2, 0.25) is 0 Å². The van der Waals surface area contributed by atoms with Crippen LogP contribution in [0.15, 0.2) is 66.7 Å². The molecule has 0 unspecified atom stereocenters. The summed E-state index contributed by atoms with van der Waals surface area (Å²) in [6.45, 7) is 2.98. The number of ketones is 1. The molecule has 38 heavy (non-hydrogen) atoms. The molecule has 0 spiro atoms. The first kappa shape index (κ1) is 28.2. The molecule has 9 nitrogen and oxygen atoms in total. The topological polar surface area (TPSA) is 109 Å². The monoisotopic (exact) mass is 518 g/mol. The Morgan fingerprint density at radius 3 is 2.34 bits per heavy atom. The van der Waals surface area contributed by atoms with Gasteiger partial charge in [0, 0.05) is 38.4 Å². The van der Waals surface area contributed by atoms with Crippen LogP contribution in [0.25, 0.3) is 0 Å². The molecule has 0 saturated heterocycles. The van der Waals surface area contributed by atoms with Crippen LogP contribution in [0, 0.1) is 6.92 Å². The maximum absolute atomic E-state index is 12.4. The Labute approximate surface area is 223 Å². The van der Waals surface area contributed by atoms with Crippen molar-refractivity contribution in [2.75, 3.05) is 56.4 Å². The van der Waals surface area contributed by atoms with Crippen LogP contribution in [-0.4, -0.2) is 58.7 Å². The minimum absolute atomic E-state index is 0.0411. The molecule has 0 aliphatic heterocycles. The molecule has 3 aromatic rings. The summed E-state index contributed by atoms with van der Waals surface area (Å²) in [4.78, 5) is 38.3. The van der Waals surface area contributed by atoms with Gasteiger partial charge in [0.1, 0.15) is 12.4 Å². The summed E-state index contributed by atoms with van der Waals surface area (Å²) < 4.78 is 10.6. The minimum Gasteiger partial charge on any atom is -0.490 e. The van der Waals surface area contributed by atoms with E-state index in [4.69, 9.17) is 9.47 Å². The van der Waals surface area contributed by atoms with E-state index in [-0.39, 0.29) is 24.8 Å². The molecule has 3 N–H and O–H groups in total. The molecule has 0 radical (unpaired) electrons. The molecule has 9 heteroatoms. The number of hydrogen-bond donors (Lipinski definition) is 3. The second-order valence-electron chi connectivity index (χ2n) is 8.90. The van der Waals surface area contributed by atoms with Crippen molar-refractivity contribution in [1.29, 1.82) is 0 Å². The molecule has 2 amide bonds. The van der Waals surface area contributed by atoms with Gasteiger partial charge in [-0.15, -0.1) is 0 Å². The van der Waals surface area contributed by atoms with Crippen molar-refractivity contribution in [3.8, 4) is 5.75 Å². The van der Waals surface area contributed by atoms with E-state index in [9.17, 15) is 14.4 Å². The number of hydrogen-bond acceptors (Lipinski definition) is 7. The number of benzene rings is 3. The molecular weight excluding hydrogens is 484 g/mol. The molecule has 0 saturated carbocycles. The second kappa shape index (κ2) is 13.8. The van der Waals surface area contributed by atoms with Crippen molar-refractivity contribution >= 4 is 34.8 Å². The highest BCUT2D eigenvalue weighted by atomic mass is 16.5. The summed E-state index contributed by atoms with van der Waals surface area (Å²) in [6.07, 6.45) is 0.281. The number of aryl methyl sites for hydroxylation is 1. The van der Waals surface area contributed by atoms with Crippen LogP contribution in [0.4, 0.5) is 21.9 Å². The minimum atomic E-state index is -0.408. The lowest BCUT2D eigenvalue weighted by atomic mass is 10.1. The molecule has 0 bridgehead atoms. The Morgan fingerprint density at radius 2 is 1.66 bits per heavy atom. The first-order chi connectivity index (χ1) is 18.3. The summed E-state index contributed by atoms with van der Waals surface area (Å²) in [5.74, 6) is 0.269. The molecular formula is C29H34N4O5. The Morgan fingerprint density at radius 1 is 0.921 bits per heavy atom. The summed E-state index contributed by atoms with van der Waals surface area (Å²) in [5.41, 5.74) is 4.43. The maximum atomic E-state index is 12.4. The predicted octanol–water partition coefficient (Wildman–Crippen LogP) is 4.27. The third kappa shape index (κ3) is 8.35. The number of Topliss-reactive ketones (excluding diaryl/α,β-unsaturated/α-hetero) is 1. The van der Waals surface area contributed by atoms with Crippen molar-refractivity contribution in [2.45, 2.75) is 13.3 Å². The first-order valence-electron chi connectivity index (χ1n) is 12.2. The highest BCUT2D eigenvalue weighted by Crippen LogP contribution is 2.28. The maximum Gasteiger partial charge on any atom is 0.337 e. The van der Waals surface area contributed by atoms with Gasteiger partial charge in [-0.25, -0.2) is 9.59 Å². The fourth-order valence-corrected chi connectivity index (χ4v) is 3.69. The first-order valence-corrected chi connectivity index (χ1v) is 12.2. The molecule has 3 rings (SSSR count). The Balaban J connectivity index is 1.39. The summed E-state index contributed by atoms with van der Waals surface area (Å²) in [7, 11) is 5.07. The van der Waals surface area contributed by atoms with Gasteiger partial charge in [-0.3, -0.25) is 4.79 Å². The predicted molar refractivity (Wildman–Crippen MR) is 149 cm³/mol. The van der Waals surface area contributed by atoms with Crippen LogP contribution in [0.5, 0.6) is 5.75 Å². The second-order valence-corrected chi connectivity index (χ2v) is 8.90. The fraction of sp³-hybridized carbons (Fsp3) is 0.276. The standard InChI is InChI=1S/C29H34N4O5/c1-20-7-5-6-8-25(20)32-29(36)31-23-12-9-21(10-13-23)17-24(34)19-30-15-16-38-27-14-11-22(28(35)37-4)18-26(27)33(2)3/h5-14,18,30H,15-17,19H2,1-4H3,(H2,31,32,36). The number of anilines is 3. The molecule has 0 fully saturated rings. The Bertz CT molecular complexity index is 1260. The summed E-state index contributed by atoms with van der Waals surface area (Å²) >= 11 is 0.